The number of benzene rings is 1. The predicted octanol–water partition coefficient (Wildman–Crippen LogP) is 3.85. The number of anilines is 1. The maximum atomic E-state index is 14.2. The van der Waals surface area contributed by atoms with Crippen molar-refractivity contribution < 1.29 is 23.9 Å². The summed E-state index contributed by atoms with van der Waals surface area (Å²) in [6.45, 7) is 8.89. The van der Waals surface area contributed by atoms with Crippen LogP contribution in [-0.2, 0) is 19.1 Å². The average molecular weight is 581 g/mol. The first-order valence-corrected chi connectivity index (χ1v) is 15.8. The number of nitrogens with zero attached hydrogens (tertiary/aromatic N) is 2. The van der Waals surface area contributed by atoms with Gasteiger partial charge in [0.2, 0.25) is 17.7 Å². The van der Waals surface area contributed by atoms with Crippen LogP contribution < -0.4 is 15.4 Å². The first kappa shape index (κ1) is 30.5. The first-order chi connectivity index (χ1) is 20.2. The normalized spacial score (nSPS) is 33.2. The molecule has 1 aromatic rings. The highest BCUT2D eigenvalue weighted by Gasteiger charge is 2.72. The Morgan fingerprint density at radius 2 is 1.86 bits per heavy atom. The van der Waals surface area contributed by atoms with E-state index < -0.39 is 29.6 Å². The van der Waals surface area contributed by atoms with E-state index in [1.807, 2.05) is 12.2 Å². The molecule has 1 saturated carbocycles. The van der Waals surface area contributed by atoms with Crippen molar-refractivity contribution in [3.05, 3.63) is 36.4 Å². The molecule has 3 aliphatic heterocycles. The minimum atomic E-state index is -1.15. The maximum absolute atomic E-state index is 14.2. The van der Waals surface area contributed by atoms with Crippen LogP contribution in [-0.4, -0.2) is 85.1 Å². The van der Waals surface area contributed by atoms with Gasteiger partial charge >= 0.3 is 0 Å². The van der Waals surface area contributed by atoms with Gasteiger partial charge in [0.25, 0.3) is 0 Å². The zero-order valence-electron chi connectivity index (χ0n) is 25.8. The number of likely N-dealkylation sites (tertiary alicyclic amines) is 1. The Hall–Kier alpha value is -2.91. The largest absolute Gasteiger partial charge is 0.497 e. The summed E-state index contributed by atoms with van der Waals surface area (Å²) in [5.41, 5.74) is -0.528. The van der Waals surface area contributed by atoms with Crippen molar-refractivity contribution in [1.29, 1.82) is 0 Å². The highest BCUT2D eigenvalue weighted by molar-refractivity contribution is 6.02. The Kier molecular flexibility index (Phi) is 9.28. The van der Waals surface area contributed by atoms with Gasteiger partial charge in [-0.25, -0.2) is 0 Å². The van der Waals surface area contributed by atoms with E-state index in [0.29, 0.717) is 29.8 Å². The van der Waals surface area contributed by atoms with Crippen molar-refractivity contribution in [3.8, 4) is 5.75 Å². The molecule has 0 radical (unpaired) electrons. The van der Waals surface area contributed by atoms with Crippen molar-refractivity contribution in [3.63, 3.8) is 0 Å². The summed E-state index contributed by atoms with van der Waals surface area (Å²) in [5, 5.41) is 6.31. The third-order valence-electron chi connectivity index (χ3n) is 10.1. The fourth-order valence-electron chi connectivity index (χ4n) is 7.51. The zero-order valence-corrected chi connectivity index (χ0v) is 25.8. The van der Waals surface area contributed by atoms with Gasteiger partial charge in [-0.05, 0) is 75.5 Å². The summed E-state index contributed by atoms with van der Waals surface area (Å²) in [6.07, 6.45) is 9.38. The maximum Gasteiger partial charge on any atom is 0.246 e. The van der Waals surface area contributed by atoms with Gasteiger partial charge in [-0.3, -0.25) is 14.4 Å². The van der Waals surface area contributed by atoms with Crippen LogP contribution in [0.2, 0.25) is 0 Å². The van der Waals surface area contributed by atoms with E-state index in [1.54, 1.807) is 36.3 Å². The molecular weight excluding hydrogens is 532 g/mol. The molecule has 3 fully saturated rings. The van der Waals surface area contributed by atoms with E-state index in [1.165, 1.54) is 0 Å². The summed E-state index contributed by atoms with van der Waals surface area (Å²) < 4.78 is 11.7. The van der Waals surface area contributed by atoms with E-state index in [2.05, 4.69) is 43.4 Å². The Labute approximate surface area is 250 Å². The molecule has 1 aliphatic carbocycles. The number of hydrogen-bond acceptors (Lipinski definition) is 6. The number of carbonyl (C=O) groups excluding carboxylic acids is 3. The molecule has 1 spiro atoms. The molecule has 9 heteroatoms. The number of fused-ring (bicyclic) bond motifs is 1. The lowest BCUT2D eigenvalue weighted by molar-refractivity contribution is -0.141. The number of rotatable bonds is 12. The van der Waals surface area contributed by atoms with Crippen molar-refractivity contribution in [2.45, 2.75) is 83.1 Å². The second-order valence-electron chi connectivity index (χ2n) is 12.8. The van der Waals surface area contributed by atoms with Crippen molar-refractivity contribution in [1.82, 2.24) is 15.1 Å². The second kappa shape index (κ2) is 12.8. The summed E-state index contributed by atoms with van der Waals surface area (Å²) >= 11 is 0. The second-order valence-corrected chi connectivity index (χ2v) is 12.8. The molecule has 42 heavy (non-hydrogen) atoms. The van der Waals surface area contributed by atoms with E-state index in [0.717, 1.165) is 51.6 Å². The van der Waals surface area contributed by atoms with E-state index in [4.69, 9.17) is 9.47 Å². The molecule has 1 aromatic carbocycles. The topological polar surface area (TPSA) is 100 Å². The van der Waals surface area contributed by atoms with Gasteiger partial charge in [0.15, 0.2) is 0 Å². The summed E-state index contributed by atoms with van der Waals surface area (Å²) in [5.74, 6) is -0.503. The van der Waals surface area contributed by atoms with Crippen LogP contribution in [0.5, 0.6) is 5.75 Å². The number of unbranched alkanes of at least 4 members (excludes halogenated alkanes) is 1. The lowest BCUT2D eigenvalue weighted by Gasteiger charge is -2.38. The Morgan fingerprint density at radius 1 is 1.12 bits per heavy atom. The molecule has 2 N–H and O–H groups in total. The molecule has 2 saturated heterocycles. The third-order valence-corrected chi connectivity index (χ3v) is 10.1. The van der Waals surface area contributed by atoms with Gasteiger partial charge in [0.05, 0.1) is 25.0 Å². The van der Waals surface area contributed by atoms with Gasteiger partial charge in [0.1, 0.15) is 17.4 Å². The molecule has 3 heterocycles. The average Bonchev–Trinajstić information content (AvgIpc) is 3.62. The third kappa shape index (κ3) is 5.70. The van der Waals surface area contributed by atoms with Gasteiger partial charge in [-0.15, -0.1) is 0 Å². The lowest BCUT2D eigenvalue weighted by Crippen LogP contribution is -2.58. The van der Waals surface area contributed by atoms with Gasteiger partial charge in [0, 0.05) is 18.3 Å². The van der Waals surface area contributed by atoms with E-state index >= 15 is 0 Å². The standard InChI is InChI=1S/C33H48N4O5/c1-6-7-18-36(4)19-9-20-37-29(31(39)35-25-11-8-10-21(2)22(25)3)33-17-16-26(42-33)27(28(33)32(37)40)30(38)34-23-12-14-24(41-5)15-13-23/h12-17,21-22,25-29H,6-11,18-20H2,1-5H3,(H,34,38)(H,35,39). The monoisotopic (exact) mass is 580 g/mol. The number of hydrogen-bond donors (Lipinski definition) is 2. The van der Waals surface area contributed by atoms with Crippen molar-refractivity contribution in [2.24, 2.45) is 23.7 Å². The highest BCUT2D eigenvalue weighted by Crippen LogP contribution is 2.55. The van der Waals surface area contributed by atoms with Crippen LogP contribution in [0, 0.1) is 23.7 Å². The fourth-order valence-corrected chi connectivity index (χ4v) is 7.51. The number of nitrogens with one attached hydrogen (secondary N) is 2. The van der Waals surface area contributed by atoms with Crippen LogP contribution in [0.3, 0.4) is 0 Å². The van der Waals surface area contributed by atoms with Crippen molar-refractivity contribution in [2.75, 3.05) is 39.1 Å². The Bertz CT molecular complexity index is 1170. The minimum absolute atomic E-state index is 0.0607. The Morgan fingerprint density at radius 3 is 2.57 bits per heavy atom. The zero-order chi connectivity index (χ0) is 30.0. The molecule has 8 unspecified atom stereocenters. The highest BCUT2D eigenvalue weighted by atomic mass is 16.5. The molecule has 5 rings (SSSR count). The number of ether oxygens (including phenoxy) is 2. The molecular formula is C33H48N4O5. The molecule has 8 atom stereocenters. The number of carbonyl (C=O) groups is 3. The fraction of sp³-hybridized carbons (Fsp3) is 0.667. The number of methoxy groups -OCH3 is 1. The quantitative estimate of drug-likeness (QED) is 0.365. The smallest absolute Gasteiger partial charge is 0.246 e. The summed E-state index contributed by atoms with van der Waals surface area (Å²) in [6, 6.07) is 6.36. The SMILES string of the molecule is CCCCN(C)CCCN1C(=O)C2C(C(=O)Nc3ccc(OC)cc3)C3C=CC2(O3)C1C(=O)NC1CCCC(C)C1C. The summed E-state index contributed by atoms with van der Waals surface area (Å²) in [4.78, 5) is 46.1. The van der Waals surface area contributed by atoms with Crippen LogP contribution in [0.25, 0.3) is 0 Å². The lowest BCUT2D eigenvalue weighted by atomic mass is 9.73. The van der Waals surface area contributed by atoms with Gasteiger partial charge < -0.3 is 29.9 Å². The van der Waals surface area contributed by atoms with E-state index in [9.17, 15) is 14.4 Å². The van der Waals surface area contributed by atoms with Crippen LogP contribution >= 0.6 is 0 Å². The number of amides is 3. The van der Waals surface area contributed by atoms with Crippen LogP contribution in [0.15, 0.2) is 36.4 Å². The van der Waals surface area contributed by atoms with E-state index in [-0.39, 0.29) is 23.8 Å². The van der Waals surface area contributed by atoms with Gasteiger partial charge in [-0.2, -0.15) is 0 Å². The van der Waals surface area contributed by atoms with Crippen LogP contribution in [0.4, 0.5) is 5.69 Å². The molecule has 2 bridgehead atoms. The Balaban J connectivity index is 1.38. The molecule has 4 aliphatic rings. The summed E-state index contributed by atoms with van der Waals surface area (Å²) in [7, 11) is 3.69. The van der Waals surface area contributed by atoms with Gasteiger partial charge in [-0.1, -0.05) is 52.2 Å². The molecule has 0 aromatic heterocycles. The molecule has 230 valence electrons. The minimum Gasteiger partial charge on any atom is -0.497 e. The molecule has 9 nitrogen and oxygen atoms in total. The first-order valence-electron chi connectivity index (χ1n) is 15.8. The van der Waals surface area contributed by atoms with Crippen LogP contribution in [0.1, 0.15) is 59.3 Å². The molecule has 3 amide bonds. The predicted molar refractivity (Wildman–Crippen MR) is 162 cm³/mol. The van der Waals surface area contributed by atoms with Crippen molar-refractivity contribution >= 4 is 23.4 Å².